The Kier molecular flexibility index (Phi) is 7.87. The van der Waals surface area contributed by atoms with Crippen molar-refractivity contribution in [2.24, 2.45) is 0 Å². The number of morpholine rings is 1. The van der Waals surface area contributed by atoms with Gasteiger partial charge in [-0.15, -0.1) is 0 Å². The number of urea groups is 1. The molecule has 0 bridgehead atoms. The number of imide groups is 1. The Labute approximate surface area is 160 Å². The Morgan fingerprint density at radius 1 is 1.11 bits per heavy atom. The molecule has 0 saturated carbocycles. The predicted molar refractivity (Wildman–Crippen MR) is 102 cm³/mol. The third-order valence-corrected chi connectivity index (χ3v) is 3.92. The van der Waals surface area contributed by atoms with Crippen LogP contribution in [0.25, 0.3) is 0 Å². The fourth-order valence-electron chi connectivity index (χ4n) is 3.07. The molecule has 1 saturated heterocycles. The summed E-state index contributed by atoms with van der Waals surface area (Å²) in [5, 5.41) is 5.00. The standard InChI is InChI=1S/C19H29N3O5/c1-5-25-16-8-7-15(9-17(16)26-6-2)20-19(24)21-18(23)12-22-10-13(3)27-14(4)11-22/h7-9,13-14H,5-6,10-12H2,1-4H3,(H2,20,21,23,24)/t13-,14-/m1/s1. The lowest BCUT2D eigenvalue weighted by atomic mass is 10.2. The third kappa shape index (κ3) is 6.73. The summed E-state index contributed by atoms with van der Waals surface area (Å²) in [6.45, 7) is 10.2. The Morgan fingerprint density at radius 3 is 2.37 bits per heavy atom. The summed E-state index contributed by atoms with van der Waals surface area (Å²) in [5.41, 5.74) is 0.515. The number of carbonyl (C=O) groups excluding carboxylic acids is 2. The van der Waals surface area contributed by atoms with Crippen molar-refractivity contribution >= 4 is 17.6 Å². The second-order valence-electron chi connectivity index (χ2n) is 6.48. The van der Waals surface area contributed by atoms with Crippen LogP contribution in [0.5, 0.6) is 11.5 Å². The molecule has 1 aliphatic rings. The fourth-order valence-corrected chi connectivity index (χ4v) is 3.07. The van der Waals surface area contributed by atoms with Gasteiger partial charge in [0.1, 0.15) is 0 Å². The number of hydrogen-bond acceptors (Lipinski definition) is 6. The Morgan fingerprint density at radius 2 is 1.74 bits per heavy atom. The highest BCUT2D eigenvalue weighted by atomic mass is 16.5. The summed E-state index contributed by atoms with van der Waals surface area (Å²) in [5.74, 6) is 0.793. The molecule has 0 unspecified atom stereocenters. The number of ether oxygens (including phenoxy) is 3. The van der Waals surface area contributed by atoms with Gasteiger partial charge in [0.05, 0.1) is 32.0 Å². The van der Waals surface area contributed by atoms with Gasteiger partial charge in [-0.3, -0.25) is 15.0 Å². The minimum absolute atomic E-state index is 0.0659. The van der Waals surface area contributed by atoms with Crippen LogP contribution in [0, 0.1) is 0 Å². The van der Waals surface area contributed by atoms with E-state index in [1.807, 2.05) is 32.6 Å². The zero-order valence-electron chi connectivity index (χ0n) is 16.4. The van der Waals surface area contributed by atoms with E-state index in [0.29, 0.717) is 43.5 Å². The summed E-state index contributed by atoms with van der Waals surface area (Å²) in [6, 6.07) is 4.51. The van der Waals surface area contributed by atoms with E-state index < -0.39 is 6.03 Å². The number of nitrogens with one attached hydrogen (secondary N) is 2. The van der Waals surface area contributed by atoms with Crippen molar-refractivity contribution < 1.29 is 23.8 Å². The largest absolute Gasteiger partial charge is 0.490 e. The summed E-state index contributed by atoms with van der Waals surface area (Å²) in [7, 11) is 0. The number of benzene rings is 1. The molecule has 3 amide bonds. The number of anilines is 1. The van der Waals surface area contributed by atoms with Gasteiger partial charge in [-0.25, -0.2) is 4.79 Å². The topological polar surface area (TPSA) is 89.1 Å². The predicted octanol–water partition coefficient (Wildman–Crippen LogP) is 2.24. The fraction of sp³-hybridized carbons (Fsp3) is 0.579. The van der Waals surface area contributed by atoms with Gasteiger partial charge in [0.15, 0.2) is 11.5 Å². The van der Waals surface area contributed by atoms with Crippen LogP contribution in [-0.4, -0.2) is 61.9 Å². The molecule has 0 radical (unpaired) electrons. The molecule has 0 spiro atoms. The second kappa shape index (κ2) is 10.1. The monoisotopic (exact) mass is 379 g/mol. The molecule has 2 N–H and O–H groups in total. The average Bonchev–Trinajstić information content (AvgIpc) is 2.56. The van der Waals surface area contributed by atoms with Gasteiger partial charge in [-0.1, -0.05) is 0 Å². The maximum atomic E-state index is 12.1. The number of amides is 3. The van der Waals surface area contributed by atoms with E-state index in [9.17, 15) is 9.59 Å². The lowest BCUT2D eigenvalue weighted by Gasteiger charge is -2.34. The zero-order chi connectivity index (χ0) is 19.8. The van der Waals surface area contributed by atoms with Crippen LogP contribution in [-0.2, 0) is 9.53 Å². The molecule has 1 aromatic carbocycles. The lowest BCUT2D eigenvalue weighted by Crippen LogP contribution is -2.50. The van der Waals surface area contributed by atoms with E-state index in [1.54, 1.807) is 18.2 Å². The van der Waals surface area contributed by atoms with Crippen molar-refractivity contribution in [2.45, 2.75) is 39.9 Å². The lowest BCUT2D eigenvalue weighted by molar-refractivity contribution is -0.124. The van der Waals surface area contributed by atoms with Gasteiger partial charge in [0, 0.05) is 24.8 Å². The number of nitrogens with zero attached hydrogens (tertiary/aromatic N) is 1. The molecule has 150 valence electrons. The van der Waals surface area contributed by atoms with Crippen LogP contribution in [0.1, 0.15) is 27.7 Å². The molecular formula is C19H29N3O5. The highest BCUT2D eigenvalue weighted by Crippen LogP contribution is 2.30. The molecule has 1 heterocycles. The third-order valence-electron chi connectivity index (χ3n) is 3.92. The van der Waals surface area contributed by atoms with Crippen molar-refractivity contribution in [1.29, 1.82) is 0 Å². The SMILES string of the molecule is CCOc1ccc(NC(=O)NC(=O)CN2C[C@@H](C)O[C@H](C)C2)cc1OCC. The van der Waals surface area contributed by atoms with E-state index in [0.717, 1.165) is 0 Å². The van der Waals surface area contributed by atoms with E-state index in [-0.39, 0.29) is 24.7 Å². The van der Waals surface area contributed by atoms with Crippen molar-refractivity contribution in [3.05, 3.63) is 18.2 Å². The highest BCUT2D eigenvalue weighted by Gasteiger charge is 2.24. The van der Waals surface area contributed by atoms with Gasteiger partial charge in [0.25, 0.3) is 0 Å². The molecule has 0 aromatic heterocycles. The molecule has 2 rings (SSSR count). The molecule has 2 atom stereocenters. The Hall–Kier alpha value is -2.32. The quantitative estimate of drug-likeness (QED) is 0.755. The first kappa shape index (κ1) is 21.0. The van der Waals surface area contributed by atoms with E-state index >= 15 is 0 Å². The number of carbonyl (C=O) groups is 2. The van der Waals surface area contributed by atoms with Crippen molar-refractivity contribution in [1.82, 2.24) is 10.2 Å². The van der Waals surface area contributed by atoms with Crippen LogP contribution in [0.4, 0.5) is 10.5 Å². The van der Waals surface area contributed by atoms with Gasteiger partial charge in [0.2, 0.25) is 5.91 Å². The smallest absolute Gasteiger partial charge is 0.325 e. The van der Waals surface area contributed by atoms with Crippen LogP contribution >= 0.6 is 0 Å². The summed E-state index contributed by atoms with van der Waals surface area (Å²) in [4.78, 5) is 26.2. The van der Waals surface area contributed by atoms with Crippen LogP contribution in [0.2, 0.25) is 0 Å². The first-order valence-electron chi connectivity index (χ1n) is 9.29. The summed E-state index contributed by atoms with van der Waals surface area (Å²) in [6.07, 6.45) is 0.132. The van der Waals surface area contributed by atoms with Crippen molar-refractivity contribution in [3.63, 3.8) is 0 Å². The first-order valence-corrected chi connectivity index (χ1v) is 9.29. The maximum Gasteiger partial charge on any atom is 0.325 e. The average molecular weight is 379 g/mol. The first-order chi connectivity index (χ1) is 12.9. The van der Waals surface area contributed by atoms with Gasteiger partial charge >= 0.3 is 6.03 Å². The number of hydrogen-bond donors (Lipinski definition) is 2. The van der Waals surface area contributed by atoms with Gasteiger partial charge in [-0.05, 0) is 39.8 Å². The van der Waals surface area contributed by atoms with Crippen LogP contribution in [0.3, 0.4) is 0 Å². The van der Waals surface area contributed by atoms with E-state index in [2.05, 4.69) is 10.6 Å². The van der Waals surface area contributed by atoms with Crippen LogP contribution < -0.4 is 20.1 Å². The van der Waals surface area contributed by atoms with Gasteiger partial charge in [-0.2, -0.15) is 0 Å². The summed E-state index contributed by atoms with van der Waals surface area (Å²) < 4.78 is 16.7. The molecular weight excluding hydrogens is 350 g/mol. The number of rotatable bonds is 7. The van der Waals surface area contributed by atoms with Crippen molar-refractivity contribution in [2.75, 3.05) is 38.2 Å². The van der Waals surface area contributed by atoms with Gasteiger partial charge < -0.3 is 19.5 Å². The Bertz CT molecular complexity index is 642. The maximum absolute atomic E-state index is 12.1. The van der Waals surface area contributed by atoms with Crippen molar-refractivity contribution in [3.8, 4) is 11.5 Å². The normalized spacial score (nSPS) is 20.0. The molecule has 1 fully saturated rings. The minimum Gasteiger partial charge on any atom is -0.490 e. The van der Waals surface area contributed by atoms with E-state index in [4.69, 9.17) is 14.2 Å². The molecule has 1 aliphatic heterocycles. The molecule has 27 heavy (non-hydrogen) atoms. The van der Waals surface area contributed by atoms with Crippen LogP contribution in [0.15, 0.2) is 18.2 Å². The van der Waals surface area contributed by atoms with E-state index in [1.165, 1.54) is 0 Å². The molecule has 0 aliphatic carbocycles. The molecule has 8 nitrogen and oxygen atoms in total. The Balaban J connectivity index is 1.89. The second-order valence-corrected chi connectivity index (χ2v) is 6.48. The summed E-state index contributed by atoms with van der Waals surface area (Å²) >= 11 is 0. The highest BCUT2D eigenvalue weighted by molar-refractivity contribution is 6.01. The zero-order valence-corrected chi connectivity index (χ0v) is 16.4. The molecule has 8 heteroatoms. The molecule has 1 aromatic rings. The minimum atomic E-state index is -0.582.